The standard InChI is InChI=1S/C21H28N2O/c1-18(22-13-16-23-14-5-6-15-23)20-9-11-21(12-10-20)24-17-19-7-3-2-4-8-19/h2-4,7-12,18,22H,5-6,13-17H2,1H3. The van der Waals surface area contributed by atoms with E-state index in [0.29, 0.717) is 12.6 Å². The molecule has 0 radical (unpaired) electrons. The molecule has 3 heteroatoms. The van der Waals surface area contributed by atoms with Crippen LogP contribution in [0, 0.1) is 0 Å². The summed E-state index contributed by atoms with van der Waals surface area (Å²) in [5, 5.41) is 3.62. The van der Waals surface area contributed by atoms with E-state index in [1.165, 1.54) is 37.1 Å². The van der Waals surface area contributed by atoms with Crippen LogP contribution in [0.25, 0.3) is 0 Å². The van der Waals surface area contributed by atoms with Crippen LogP contribution in [0.1, 0.15) is 36.9 Å². The van der Waals surface area contributed by atoms with Crippen molar-refractivity contribution in [1.82, 2.24) is 10.2 Å². The van der Waals surface area contributed by atoms with Crippen molar-refractivity contribution in [3.8, 4) is 5.75 Å². The van der Waals surface area contributed by atoms with E-state index < -0.39 is 0 Å². The molecule has 3 rings (SSSR count). The number of hydrogen-bond acceptors (Lipinski definition) is 3. The molecule has 1 unspecified atom stereocenters. The van der Waals surface area contributed by atoms with E-state index in [2.05, 4.69) is 53.5 Å². The van der Waals surface area contributed by atoms with Gasteiger partial charge in [-0.25, -0.2) is 0 Å². The first kappa shape index (κ1) is 17.0. The Kier molecular flexibility index (Phi) is 6.27. The second-order valence-corrected chi connectivity index (χ2v) is 6.57. The Hall–Kier alpha value is -1.84. The highest BCUT2D eigenvalue weighted by molar-refractivity contribution is 5.29. The average Bonchev–Trinajstić information content (AvgIpc) is 3.15. The lowest BCUT2D eigenvalue weighted by molar-refractivity contribution is 0.306. The van der Waals surface area contributed by atoms with E-state index in [0.717, 1.165) is 18.8 Å². The molecule has 2 aromatic rings. The summed E-state index contributed by atoms with van der Waals surface area (Å²) in [5.74, 6) is 0.923. The van der Waals surface area contributed by atoms with Crippen molar-refractivity contribution in [3.63, 3.8) is 0 Å². The largest absolute Gasteiger partial charge is 0.489 e. The lowest BCUT2D eigenvalue weighted by Gasteiger charge is -2.19. The van der Waals surface area contributed by atoms with Crippen LogP contribution in [0.5, 0.6) is 5.75 Å². The summed E-state index contributed by atoms with van der Waals surface area (Å²) in [7, 11) is 0. The van der Waals surface area contributed by atoms with Gasteiger partial charge in [0.1, 0.15) is 12.4 Å². The lowest BCUT2D eigenvalue weighted by Crippen LogP contribution is -2.31. The molecule has 128 valence electrons. The Labute approximate surface area is 145 Å². The summed E-state index contributed by atoms with van der Waals surface area (Å²) in [4.78, 5) is 2.54. The quantitative estimate of drug-likeness (QED) is 0.794. The van der Waals surface area contributed by atoms with Crippen molar-refractivity contribution >= 4 is 0 Å². The Balaban J connectivity index is 1.43. The van der Waals surface area contributed by atoms with Crippen molar-refractivity contribution in [1.29, 1.82) is 0 Å². The van der Waals surface area contributed by atoms with E-state index in [-0.39, 0.29) is 0 Å². The van der Waals surface area contributed by atoms with Crippen LogP contribution < -0.4 is 10.1 Å². The number of hydrogen-bond donors (Lipinski definition) is 1. The maximum absolute atomic E-state index is 5.85. The smallest absolute Gasteiger partial charge is 0.119 e. The zero-order valence-corrected chi connectivity index (χ0v) is 14.6. The molecule has 1 aliphatic rings. The second-order valence-electron chi connectivity index (χ2n) is 6.57. The third-order valence-corrected chi connectivity index (χ3v) is 4.71. The molecule has 0 amide bonds. The molecule has 1 N–H and O–H groups in total. The van der Waals surface area contributed by atoms with Crippen molar-refractivity contribution in [2.75, 3.05) is 26.2 Å². The van der Waals surface area contributed by atoms with Gasteiger partial charge in [-0.2, -0.15) is 0 Å². The van der Waals surface area contributed by atoms with Crippen LogP contribution in [0.3, 0.4) is 0 Å². The van der Waals surface area contributed by atoms with Crippen molar-refractivity contribution < 1.29 is 4.74 Å². The van der Waals surface area contributed by atoms with Crippen LogP contribution in [0.4, 0.5) is 0 Å². The van der Waals surface area contributed by atoms with Gasteiger partial charge in [0.05, 0.1) is 0 Å². The summed E-state index contributed by atoms with van der Waals surface area (Å²) < 4.78 is 5.85. The van der Waals surface area contributed by atoms with Gasteiger partial charge in [-0.1, -0.05) is 42.5 Å². The predicted octanol–water partition coefficient (Wildman–Crippen LogP) is 4.01. The third-order valence-electron chi connectivity index (χ3n) is 4.71. The zero-order valence-electron chi connectivity index (χ0n) is 14.6. The number of nitrogens with zero attached hydrogens (tertiary/aromatic N) is 1. The van der Waals surface area contributed by atoms with Gasteiger partial charge in [-0.05, 0) is 56.1 Å². The average molecular weight is 324 g/mol. The number of benzene rings is 2. The van der Waals surface area contributed by atoms with E-state index in [4.69, 9.17) is 4.74 Å². The van der Waals surface area contributed by atoms with Gasteiger partial charge in [-0.15, -0.1) is 0 Å². The summed E-state index contributed by atoms with van der Waals surface area (Å²) in [6.45, 7) is 7.58. The second kappa shape index (κ2) is 8.86. The molecule has 0 saturated carbocycles. The van der Waals surface area contributed by atoms with Crippen molar-refractivity contribution in [3.05, 3.63) is 65.7 Å². The summed E-state index contributed by atoms with van der Waals surface area (Å²) in [6, 6.07) is 19.1. The number of likely N-dealkylation sites (tertiary alicyclic amines) is 1. The lowest BCUT2D eigenvalue weighted by atomic mass is 10.1. The fraction of sp³-hybridized carbons (Fsp3) is 0.429. The summed E-state index contributed by atoms with van der Waals surface area (Å²) in [5.41, 5.74) is 2.50. The Morgan fingerprint density at radius 1 is 1.00 bits per heavy atom. The van der Waals surface area contributed by atoms with Gasteiger partial charge in [0.15, 0.2) is 0 Å². The molecule has 0 aromatic heterocycles. The molecule has 24 heavy (non-hydrogen) atoms. The molecule has 0 bridgehead atoms. The highest BCUT2D eigenvalue weighted by Crippen LogP contribution is 2.18. The van der Waals surface area contributed by atoms with Gasteiger partial charge in [0, 0.05) is 19.1 Å². The predicted molar refractivity (Wildman–Crippen MR) is 99.3 cm³/mol. The molecule has 0 spiro atoms. The van der Waals surface area contributed by atoms with Crippen LogP contribution in [0.15, 0.2) is 54.6 Å². The Morgan fingerprint density at radius 3 is 2.42 bits per heavy atom. The van der Waals surface area contributed by atoms with Gasteiger partial charge in [0.2, 0.25) is 0 Å². The van der Waals surface area contributed by atoms with Gasteiger partial charge in [0.25, 0.3) is 0 Å². The highest BCUT2D eigenvalue weighted by atomic mass is 16.5. The normalized spacial score (nSPS) is 16.2. The summed E-state index contributed by atoms with van der Waals surface area (Å²) >= 11 is 0. The van der Waals surface area contributed by atoms with Crippen LogP contribution in [-0.2, 0) is 6.61 Å². The first-order valence-electron chi connectivity index (χ1n) is 9.04. The van der Waals surface area contributed by atoms with Gasteiger partial charge < -0.3 is 15.0 Å². The highest BCUT2D eigenvalue weighted by Gasteiger charge is 2.11. The SMILES string of the molecule is CC(NCCN1CCCC1)c1ccc(OCc2ccccc2)cc1. The molecule has 1 atom stereocenters. The fourth-order valence-corrected chi connectivity index (χ4v) is 3.16. The molecule has 1 heterocycles. The number of nitrogens with one attached hydrogen (secondary N) is 1. The molecule has 3 nitrogen and oxygen atoms in total. The van der Waals surface area contributed by atoms with E-state index in [9.17, 15) is 0 Å². The van der Waals surface area contributed by atoms with E-state index in [1.54, 1.807) is 0 Å². The Morgan fingerprint density at radius 2 is 1.71 bits per heavy atom. The Bertz CT molecular complexity index is 591. The zero-order chi connectivity index (χ0) is 16.6. The molecule has 1 fully saturated rings. The molecule has 2 aromatic carbocycles. The first-order chi connectivity index (χ1) is 11.8. The molecular formula is C21H28N2O. The molecule has 1 saturated heterocycles. The minimum Gasteiger partial charge on any atom is -0.489 e. The topological polar surface area (TPSA) is 24.5 Å². The fourth-order valence-electron chi connectivity index (χ4n) is 3.16. The van der Waals surface area contributed by atoms with Crippen LogP contribution in [0.2, 0.25) is 0 Å². The minimum absolute atomic E-state index is 0.371. The van der Waals surface area contributed by atoms with E-state index >= 15 is 0 Å². The maximum atomic E-state index is 5.85. The minimum atomic E-state index is 0.371. The van der Waals surface area contributed by atoms with E-state index in [1.807, 2.05) is 18.2 Å². The number of ether oxygens (including phenoxy) is 1. The molecular weight excluding hydrogens is 296 g/mol. The first-order valence-corrected chi connectivity index (χ1v) is 9.04. The monoisotopic (exact) mass is 324 g/mol. The van der Waals surface area contributed by atoms with Crippen LogP contribution >= 0.6 is 0 Å². The number of rotatable bonds is 8. The summed E-state index contributed by atoms with van der Waals surface area (Å²) in [6.07, 6.45) is 2.72. The third kappa shape index (κ3) is 5.08. The van der Waals surface area contributed by atoms with Crippen molar-refractivity contribution in [2.24, 2.45) is 0 Å². The maximum Gasteiger partial charge on any atom is 0.119 e. The van der Waals surface area contributed by atoms with Crippen LogP contribution in [-0.4, -0.2) is 31.1 Å². The molecule has 0 aliphatic carbocycles. The van der Waals surface area contributed by atoms with Gasteiger partial charge in [-0.3, -0.25) is 0 Å². The molecule has 1 aliphatic heterocycles. The van der Waals surface area contributed by atoms with Crippen molar-refractivity contribution in [2.45, 2.75) is 32.4 Å². The van der Waals surface area contributed by atoms with Gasteiger partial charge >= 0.3 is 0 Å².